The molecule has 0 saturated carbocycles. The monoisotopic (exact) mass is 364 g/mol. The van der Waals surface area contributed by atoms with Crippen LogP contribution >= 0.6 is 15.9 Å². The number of piperazine rings is 1. The molecule has 1 heterocycles. The lowest BCUT2D eigenvalue weighted by molar-refractivity contribution is -0.118. The maximum absolute atomic E-state index is 14.2. The number of methoxy groups -OCH3 is 1. The van der Waals surface area contributed by atoms with Gasteiger partial charge in [0.05, 0.1) is 11.6 Å². The topological polar surface area (TPSA) is 44.7 Å². The van der Waals surface area contributed by atoms with Gasteiger partial charge in [0.2, 0.25) is 0 Å². The number of hydrogen-bond donors (Lipinski definition) is 2. The lowest BCUT2D eigenvalue weighted by Gasteiger charge is -2.38. The first-order chi connectivity index (χ1) is 9.99. The molecule has 21 heavy (non-hydrogen) atoms. The number of rotatable bonds is 5. The Morgan fingerprint density at radius 1 is 1.43 bits per heavy atom. The number of halogens is 3. The van der Waals surface area contributed by atoms with Crippen molar-refractivity contribution in [3.8, 4) is 5.75 Å². The molecular weight excluding hydrogens is 346 g/mol. The Morgan fingerprint density at radius 3 is 2.62 bits per heavy atom. The molecule has 1 atom stereocenters. The number of nitrogens with one attached hydrogen (secondary N) is 1. The first-order valence-electron chi connectivity index (χ1n) is 6.76. The van der Waals surface area contributed by atoms with E-state index in [4.69, 9.17) is 9.84 Å². The molecule has 4 nitrogen and oxygen atoms in total. The number of hydrogen-bond acceptors (Lipinski definition) is 4. The molecular formula is C14H19BrF2N2O2. The van der Waals surface area contributed by atoms with Crippen LogP contribution in [0, 0.1) is 0 Å². The highest BCUT2D eigenvalue weighted by molar-refractivity contribution is 9.10. The highest BCUT2D eigenvalue weighted by atomic mass is 79.9. The zero-order valence-electron chi connectivity index (χ0n) is 11.8. The van der Waals surface area contributed by atoms with Gasteiger partial charge in [0.25, 0.3) is 5.92 Å². The standard InChI is InChI=1S/C14H19BrF2N2O2/c1-21-12-3-2-10(8-11(12)15)13(14(16,17)9-20)19-6-4-18-5-7-19/h2-3,8,13,18,20H,4-7,9H2,1H3/t13-/m1/s1. The number of aliphatic hydroxyl groups excluding tert-OH is 1. The molecule has 2 rings (SSSR count). The van der Waals surface area contributed by atoms with Crippen molar-refractivity contribution in [3.05, 3.63) is 28.2 Å². The molecule has 0 unspecified atom stereocenters. The summed E-state index contributed by atoms with van der Waals surface area (Å²) in [7, 11) is 1.52. The third-order valence-electron chi connectivity index (χ3n) is 3.62. The van der Waals surface area contributed by atoms with Crippen LogP contribution in [0.3, 0.4) is 0 Å². The number of ether oxygens (including phenoxy) is 1. The summed E-state index contributed by atoms with van der Waals surface area (Å²) in [6.07, 6.45) is 0. The summed E-state index contributed by atoms with van der Waals surface area (Å²) in [6.45, 7) is 1.18. The molecule has 0 aliphatic carbocycles. The molecule has 1 aromatic rings. The van der Waals surface area contributed by atoms with Crippen molar-refractivity contribution in [3.63, 3.8) is 0 Å². The van der Waals surface area contributed by atoms with Crippen molar-refractivity contribution >= 4 is 15.9 Å². The maximum Gasteiger partial charge on any atom is 0.289 e. The summed E-state index contributed by atoms with van der Waals surface area (Å²) in [5.74, 6) is -2.61. The Labute approximate surface area is 131 Å². The molecule has 1 fully saturated rings. The van der Waals surface area contributed by atoms with Crippen LogP contribution in [0.1, 0.15) is 11.6 Å². The van der Waals surface area contributed by atoms with Gasteiger partial charge in [-0.2, -0.15) is 0 Å². The van der Waals surface area contributed by atoms with E-state index in [0.717, 1.165) is 0 Å². The minimum absolute atomic E-state index is 0.462. The summed E-state index contributed by atoms with van der Waals surface area (Å²) < 4.78 is 34.2. The highest BCUT2D eigenvalue weighted by Crippen LogP contribution is 2.39. The largest absolute Gasteiger partial charge is 0.496 e. The second-order valence-corrected chi connectivity index (χ2v) is 5.86. The Hall–Kier alpha value is -0.760. The highest BCUT2D eigenvalue weighted by Gasteiger charge is 2.44. The number of alkyl halides is 2. The van der Waals surface area contributed by atoms with E-state index in [1.807, 2.05) is 0 Å². The van der Waals surface area contributed by atoms with Gasteiger partial charge in [-0.3, -0.25) is 4.90 Å². The minimum Gasteiger partial charge on any atom is -0.496 e. The SMILES string of the molecule is COc1ccc([C@@H](N2CCNCC2)C(F)(F)CO)cc1Br. The Bertz CT molecular complexity index is 482. The quantitative estimate of drug-likeness (QED) is 0.838. The van der Waals surface area contributed by atoms with Gasteiger partial charge in [0.1, 0.15) is 18.4 Å². The van der Waals surface area contributed by atoms with E-state index in [1.54, 1.807) is 23.1 Å². The Kier molecular flexibility index (Phi) is 5.54. The van der Waals surface area contributed by atoms with Crippen LogP contribution in [0.25, 0.3) is 0 Å². The first kappa shape index (κ1) is 16.6. The summed E-state index contributed by atoms with van der Waals surface area (Å²) in [4.78, 5) is 1.71. The van der Waals surface area contributed by atoms with Crippen LogP contribution in [0.2, 0.25) is 0 Å². The van der Waals surface area contributed by atoms with E-state index >= 15 is 0 Å². The molecule has 0 radical (unpaired) electrons. The average Bonchev–Trinajstić information content (AvgIpc) is 2.48. The van der Waals surface area contributed by atoms with Crippen molar-refractivity contribution in [2.75, 3.05) is 39.9 Å². The fourth-order valence-electron chi connectivity index (χ4n) is 2.60. The predicted octanol–water partition coefficient (Wildman–Crippen LogP) is 2.03. The van der Waals surface area contributed by atoms with Gasteiger partial charge in [-0.15, -0.1) is 0 Å². The zero-order chi connectivity index (χ0) is 15.5. The Balaban J connectivity index is 2.36. The van der Waals surface area contributed by atoms with E-state index in [9.17, 15) is 8.78 Å². The number of benzene rings is 1. The van der Waals surface area contributed by atoms with E-state index < -0.39 is 18.6 Å². The predicted molar refractivity (Wildman–Crippen MR) is 79.9 cm³/mol. The van der Waals surface area contributed by atoms with Gasteiger partial charge in [-0.1, -0.05) is 6.07 Å². The smallest absolute Gasteiger partial charge is 0.289 e. The van der Waals surface area contributed by atoms with Gasteiger partial charge in [0.15, 0.2) is 0 Å². The summed E-state index contributed by atoms with van der Waals surface area (Å²) in [6, 6.07) is 3.77. The van der Waals surface area contributed by atoms with Crippen LogP contribution in [0.15, 0.2) is 22.7 Å². The van der Waals surface area contributed by atoms with Gasteiger partial charge in [-0.05, 0) is 33.6 Å². The van der Waals surface area contributed by atoms with Crippen LogP contribution in [-0.4, -0.2) is 55.8 Å². The van der Waals surface area contributed by atoms with E-state index in [1.165, 1.54) is 7.11 Å². The molecule has 0 amide bonds. The first-order valence-corrected chi connectivity index (χ1v) is 7.56. The molecule has 7 heteroatoms. The van der Waals surface area contributed by atoms with Gasteiger partial charge >= 0.3 is 0 Å². The van der Waals surface area contributed by atoms with Crippen molar-refractivity contribution in [2.24, 2.45) is 0 Å². The molecule has 1 aromatic carbocycles. The van der Waals surface area contributed by atoms with Crippen molar-refractivity contribution < 1.29 is 18.6 Å². The van der Waals surface area contributed by atoms with Crippen LogP contribution in [0.5, 0.6) is 5.75 Å². The molecule has 118 valence electrons. The van der Waals surface area contributed by atoms with Crippen molar-refractivity contribution in [1.29, 1.82) is 0 Å². The fraction of sp³-hybridized carbons (Fsp3) is 0.571. The fourth-order valence-corrected chi connectivity index (χ4v) is 3.16. The molecule has 2 N–H and O–H groups in total. The van der Waals surface area contributed by atoms with Gasteiger partial charge in [0, 0.05) is 26.2 Å². The van der Waals surface area contributed by atoms with Crippen molar-refractivity contribution in [1.82, 2.24) is 10.2 Å². The second-order valence-electron chi connectivity index (χ2n) is 5.00. The van der Waals surface area contributed by atoms with E-state index in [-0.39, 0.29) is 0 Å². The summed E-state index contributed by atoms with van der Waals surface area (Å²) in [5.41, 5.74) is 0.462. The third kappa shape index (κ3) is 3.71. The van der Waals surface area contributed by atoms with Gasteiger partial charge < -0.3 is 15.2 Å². The van der Waals surface area contributed by atoms with Crippen LogP contribution in [-0.2, 0) is 0 Å². The lowest BCUT2D eigenvalue weighted by Crippen LogP contribution is -2.51. The van der Waals surface area contributed by atoms with Crippen molar-refractivity contribution in [2.45, 2.75) is 12.0 Å². The van der Waals surface area contributed by atoms with Crippen LogP contribution in [0.4, 0.5) is 8.78 Å². The number of aliphatic hydroxyl groups is 1. The Morgan fingerprint density at radius 2 is 2.10 bits per heavy atom. The zero-order valence-corrected chi connectivity index (χ0v) is 13.4. The number of nitrogens with zero attached hydrogens (tertiary/aromatic N) is 1. The minimum atomic E-state index is -3.20. The molecule has 1 aliphatic heterocycles. The van der Waals surface area contributed by atoms with Gasteiger partial charge in [-0.25, -0.2) is 8.78 Å². The molecule has 1 saturated heterocycles. The summed E-state index contributed by atoms with van der Waals surface area (Å²) in [5, 5.41) is 12.2. The van der Waals surface area contributed by atoms with Crippen LogP contribution < -0.4 is 10.1 Å². The molecule has 0 spiro atoms. The van der Waals surface area contributed by atoms with E-state index in [2.05, 4.69) is 21.2 Å². The molecule has 0 aromatic heterocycles. The summed E-state index contributed by atoms with van der Waals surface area (Å²) >= 11 is 3.33. The molecule has 1 aliphatic rings. The molecule has 0 bridgehead atoms. The maximum atomic E-state index is 14.2. The van der Waals surface area contributed by atoms with E-state index in [0.29, 0.717) is 42.0 Å². The average molecular weight is 365 g/mol. The third-order valence-corrected chi connectivity index (χ3v) is 4.24. The second kappa shape index (κ2) is 7.00. The normalized spacial score (nSPS) is 18.5. The lowest BCUT2D eigenvalue weighted by atomic mass is 9.98.